The summed E-state index contributed by atoms with van der Waals surface area (Å²) in [6.45, 7) is 9.22. The van der Waals surface area contributed by atoms with E-state index in [0.29, 0.717) is 52.0 Å². The molecule has 9 nitrogen and oxygen atoms in total. The van der Waals surface area contributed by atoms with E-state index in [4.69, 9.17) is 17.3 Å². The van der Waals surface area contributed by atoms with Crippen molar-refractivity contribution in [2.24, 2.45) is 5.73 Å². The molecule has 3 N–H and O–H groups in total. The summed E-state index contributed by atoms with van der Waals surface area (Å²) < 4.78 is 44.5. The molecule has 0 spiro atoms. The van der Waals surface area contributed by atoms with E-state index in [1.54, 1.807) is 38.6 Å². The van der Waals surface area contributed by atoms with Gasteiger partial charge < -0.3 is 11.1 Å². The maximum Gasteiger partial charge on any atom is 0.433 e. The minimum atomic E-state index is -4.75. The highest BCUT2D eigenvalue weighted by molar-refractivity contribution is 7.21. The summed E-state index contributed by atoms with van der Waals surface area (Å²) in [7, 11) is 0. The Kier molecular flexibility index (Phi) is 7.28. The molecule has 14 heteroatoms. The number of aryl methyl sites for hydroxylation is 3. The minimum Gasteiger partial charge on any atom is -0.365 e. The second-order valence-electron chi connectivity index (χ2n) is 8.73. The van der Waals surface area contributed by atoms with Crippen molar-refractivity contribution < 1.29 is 22.8 Å². The Balaban J connectivity index is 1.96. The number of fused-ring (bicyclic) bond motifs is 1. The second kappa shape index (κ2) is 10.0. The molecule has 0 aromatic carbocycles. The number of hydrogen-bond acceptors (Lipinski definition) is 6. The molecule has 202 valence electrons. The first-order chi connectivity index (χ1) is 17.8. The number of nitrogens with zero attached hydrogens (tertiary/aromatic N) is 5. The van der Waals surface area contributed by atoms with Crippen LogP contribution >= 0.6 is 22.9 Å². The molecular formula is C24H25ClF3N7O2S. The quantitative estimate of drug-likeness (QED) is 0.298. The lowest BCUT2D eigenvalue weighted by Crippen LogP contribution is -2.28. The molecule has 0 saturated heterocycles. The Bertz CT molecular complexity index is 1570. The zero-order valence-corrected chi connectivity index (χ0v) is 22.8. The predicted molar refractivity (Wildman–Crippen MR) is 139 cm³/mol. The molecule has 0 bridgehead atoms. The summed E-state index contributed by atoms with van der Waals surface area (Å²) >= 11 is 6.96. The Hall–Kier alpha value is -3.45. The van der Waals surface area contributed by atoms with Crippen molar-refractivity contribution in [2.75, 3.05) is 5.32 Å². The van der Waals surface area contributed by atoms with Gasteiger partial charge in [0.15, 0.2) is 0 Å². The maximum atomic E-state index is 13.8. The van der Waals surface area contributed by atoms with E-state index < -0.39 is 29.7 Å². The molecule has 0 aliphatic heterocycles. The highest BCUT2D eigenvalue weighted by Gasteiger charge is 2.36. The van der Waals surface area contributed by atoms with Crippen molar-refractivity contribution in [1.29, 1.82) is 0 Å². The number of pyridine rings is 1. The van der Waals surface area contributed by atoms with Gasteiger partial charge in [-0.3, -0.25) is 19.0 Å². The van der Waals surface area contributed by atoms with Crippen LogP contribution in [0.4, 0.5) is 18.9 Å². The number of primary amides is 1. The first-order valence-corrected chi connectivity index (χ1v) is 12.9. The van der Waals surface area contributed by atoms with Crippen molar-refractivity contribution in [1.82, 2.24) is 24.5 Å². The van der Waals surface area contributed by atoms with E-state index in [2.05, 4.69) is 20.5 Å². The van der Waals surface area contributed by atoms with Crippen LogP contribution in [0.2, 0.25) is 5.02 Å². The van der Waals surface area contributed by atoms with Gasteiger partial charge in [-0.25, -0.2) is 4.98 Å². The number of hydrogen-bond donors (Lipinski definition) is 2. The average molecular weight is 568 g/mol. The molecule has 4 heterocycles. The van der Waals surface area contributed by atoms with Crippen molar-refractivity contribution in [2.45, 2.75) is 59.8 Å². The fourth-order valence-corrected chi connectivity index (χ4v) is 5.45. The van der Waals surface area contributed by atoms with Crippen LogP contribution < -0.4 is 11.1 Å². The molecule has 0 fully saturated rings. The van der Waals surface area contributed by atoms with Gasteiger partial charge in [-0.2, -0.15) is 23.4 Å². The molecule has 4 rings (SSSR count). The fraction of sp³-hybridized carbons (Fsp3) is 0.375. The predicted octanol–water partition coefficient (Wildman–Crippen LogP) is 5.66. The van der Waals surface area contributed by atoms with E-state index in [1.807, 2.05) is 6.92 Å². The van der Waals surface area contributed by atoms with Crippen LogP contribution in [0.3, 0.4) is 0 Å². The lowest BCUT2D eigenvalue weighted by Gasteiger charge is -2.18. The Morgan fingerprint density at radius 2 is 1.84 bits per heavy atom. The molecule has 1 atom stereocenters. The number of nitrogens with one attached hydrogen (secondary N) is 1. The number of alkyl halides is 3. The summed E-state index contributed by atoms with van der Waals surface area (Å²) in [4.78, 5) is 29.5. The van der Waals surface area contributed by atoms with E-state index >= 15 is 0 Å². The van der Waals surface area contributed by atoms with E-state index in [1.165, 1.54) is 4.68 Å². The summed E-state index contributed by atoms with van der Waals surface area (Å²) in [5, 5.41) is 12.1. The number of aromatic nitrogens is 5. The lowest BCUT2D eigenvalue weighted by atomic mass is 10.0. The molecule has 4 aromatic rings. The standard InChI is InChI=1S/C24H25ClF3N7O2S/c1-6-15(35-12(5)18(25)11(4)33-35)22(37)31-19-17-13(14-9-34(7-2)32-10(14)3)8-16(24(26,27)28)30-23(17)38-20(19)21(29)36/h8-9,15H,6-7H2,1-5H3,(H2,29,36)(H,31,37). The molecule has 4 aromatic heterocycles. The molecule has 2 amide bonds. The zero-order chi connectivity index (χ0) is 28.1. The summed E-state index contributed by atoms with van der Waals surface area (Å²) in [5.41, 5.74) is 6.60. The first kappa shape index (κ1) is 27.6. The van der Waals surface area contributed by atoms with Gasteiger partial charge >= 0.3 is 6.18 Å². The van der Waals surface area contributed by atoms with Crippen molar-refractivity contribution >= 4 is 50.7 Å². The highest BCUT2D eigenvalue weighted by atomic mass is 35.5. The molecule has 38 heavy (non-hydrogen) atoms. The summed E-state index contributed by atoms with van der Waals surface area (Å²) in [6.07, 6.45) is -2.81. The second-order valence-corrected chi connectivity index (χ2v) is 10.1. The van der Waals surface area contributed by atoms with Gasteiger partial charge in [-0.1, -0.05) is 18.5 Å². The highest BCUT2D eigenvalue weighted by Crippen LogP contribution is 2.44. The number of halogens is 4. The normalized spacial score (nSPS) is 12.8. The van der Waals surface area contributed by atoms with E-state index in [9.17, 15) is 22.8 Å². The average Bonchev–Trinajstić information content (AvgIpc) is 3.48. The van der Waals surface area contributed by atoms with Crippen LogP contribution in [0.1, 0.15) is 58.8 Å². The number of nitrogens with two attached hydrogens (primary N) is 1. The van der Waals surface area contributed by atoms with Gasteiger partial charge in [0.25, 0.3) is 5.91 Å². The number of amides is 2. The van der Waals surface area contributed by atoms with Crippen LogP contribution in [0.5, 0.6) is 0 Å². The maximum absolute atomic E-state index is 13.8. The van der Waals surface area contributed by atoms with Crippen molar-refractivity contribution in [3.63, 3.8) is 0 Å². The number of rotatable bonds is 7. The van der Waals surface area contributed by atoms with Crippen LogP contribution in [0.25, 0.3) is 21.3 Å². The number of carbonyl (C=O) groups is 2. The number of thiophene rings is 1. The minimum absolute atomic E-state index is 0.00606. The first-order valence-electron chi connectivity index (χ1n) is 11.7. The van der Waals surface area contributed by atoms with Crippen LogP contribution in [0, 0.1) is 20.8 Å². The van der Waals surface area contributed by atoms with Gasteiger partial charge in [-0.05, 0) is 45.7 Å². The Morgan fingerprint density at radius 3 is 2.34 bits per heavy atom. The largest absolute Gasteiger partial charge is 0.433 e. The summed E-state index contributed by atoms with van der Waals surface area (Å²) in [5.74, 6) is -1.45. The SMILES string of the molecule is CCC(C(=O)Nc1c(C(N)=O)sc2nc(C(F)(F)F)cc(-c3cn(CC)nc3C)c12)n1nc(C)c(Cl)c1C. The molecule has 1 unspecified atom stereocenters. The number of anilines is 1. The third-order valence-corrected chi connectivity index (χ3v) is 7.85. The van der Waals surface area contributed by atoms with E-state index in [-0.39, 0.29) is 26.3 Å². The van der Waals surface area contributed by atoms with Crippen LogP contribution in [-0.4, -0.2) is 36.4 Å². The molecule has 0 radical (unpaired) electrons. The smallest absolute Gasteiger partial charge is 0.365 e. The van der Waals surface area contributed by atoms with Gasteiger partial charge in [-0.15, -0.1) is 11.3 Å². The zero-order valence-electron chi connectivity index (χ0n) is 21.2. The molecule has 0 saturated carbocycles. The van der Waals surface area contributed by atoms with Crippen molar-refractivity contribution in [3.05, 3.63) is 44.9 Å². The molecule has 0 aliphatic carbocycles. The Morgan fingerprint density at radius 1 is 1.16 bits per heavy atom. The fourth-order valence-electron chi connectivity index (χ4n) is 4.32. The van der Waals surface area contributed by atoms with Gasteiger partial charge in [0, 0.05) is 23.7 Å². The van der Waals surface area contributed by atoms with Gasteiger partial charge in [0.1, 0.15) is 21.4 Å². The topological polar surface area (TPSA) is 121 Å². The molecular weight excluding hydrogens is 543 g/mol. The summed E-state index contributed by atoms with van der Waals surface area (Å²) in [6, 6.07) is 0.0877. The van der Waals surface area contributed by atoms with Gasteiger partial charge in [0.05, 0.1) is 27.8 Å². The van der Waals surface area contributed by atoms with Crippen LogP contribution in [-0.2, 0) is 17.5 Å². The molecule has 0 aliphatic rings. The van der Waals surface area contributed by atoms with Gasteiger partial charge in [0.2, 0.25) is 5.91 Å². The Labute approximate surface area is 224 Å². The van der Waals surface area contributed by atoms with Crippen LogP contribution in [0.15, 0.2) is 12.3 Å². The van der Waals surface area contributed by atoms with Crippen molar-refractivity contribution in [3.8, 4) is 11.1 Å². The lowest BCUT2D eigenvalue weighted by molar-refractivity contribution is -0.140. The third-order valence-electron chi connectivity index (χ3n) is 6.21. The van der Waals surface area contributed by atoms with E-state index in [0.717, 1.165) is 6.07 Å². The number of carbonyl (C=O) groups excluding carboxylic acids is 2. The monoisotopic (exact) mass is 567 g/mol. The third kappa shape index (κ3) is 4.75.